The van der Waals surface area contributed by atoms with Gasteiger partial charge in [-0.15, -0.1) is 0 Å². The minimum atomic E-state index is -4.43. The molecule has 1 N–H and O–H groups in total. The molecule has 0 radical (unpaired) electrons. The van der Waals surface area contributed by atoms with E-state index in [1.54, 1.807) is 0 Å². The first kappa shape index (κ1) is 13.9. The first-order chi connectivity index (χ1) is 9.36. The number of aromatic hydroxyl groups is 1. The number of carbonyl (C=O) groups is 1. The molecular weight excluding hydrogens is 273 g/mol. The first-order valence-corrected chi connectivity index (χ1v) is 5.55. The Bertz CT molecular complexity index is 601. The van der Waals surface area contributed by atoms with Crippen LogP contribution in [-0.2, 0) is 6.18 Å². The zero-order valence-corrected chi connectivity index (χ0v) is 10.0. The van der Waals surface area contributed by atoms with Gasteiger partial charge in [0.15, 0.2) is 0 Å². The second-order valence-corrected chi connectivity index (χ2v) is 3.96. The highest BCUT2D eigenvalue weighted by Gasteiger charge is 2.30. The van der Waals surface area contributed by atoms with Crippen LogP contribution in [0.2, 0.25) is 0 Å². The van der Waals surface area contributed by atoms with Gasteiger partial charge in [0, 0.05) is 0 Å². The standard InChI is InChI=1S/C14H9F3O3/c15-14(16,17)10-3-7-12(8-4-10)20-13(19)9-1-5-11(18)6-2-9/h1-8,18H. The Kier molecular flexibility index (Phi) is 3.65. The minimum absolute atomic E-state index is 0.00363. The number of hydrogen-bond acceptors (Lipinski definition) is 3. The molecule has 2 aromatic carbocycles. The van der Waals surface area contributed by atoms with Crippen molar-refractivity contribution in [1.29, 1.82) is 0 Å². The summed E-state index contributed by atoms with van der Waals surface area (Å²) in [7, 11) is 0. The average molecular weight is 282 g/mol. The van der Waals surface area contributed by atoms with Gasteiger partial charge in [0.25, 0.3) is 0 Å². The smallest absolute Gasteiger partial charge is 0.416 e. The monoisotopic (exact) mass is 282 g/mol. The van der Waals surface area contributed by atoms with Crippen LogP contribution in [0.25, 0.3) is 0 Å². The molecule has 3 nitrogen and oxygen atoms in total. The van der Waals surface area contributed by atoms with Gasteiger partial charge in [0.05, 0.1) is 11.1 Å². The molecule has 104 valence electrons. The van der Waals surface area contributed by atoms with Gasteiger partial charge >= 0.3 is 12.1 Å². The van der Waals surface area contributed by atoms with E-state index in [4.69, 9.17) is 9.84 Å². The number of rotatable bonds is 2. The molecule has 0 aliphatic rings. The molecule has 0 fully saturated rings. The summed E-state index contributed by atoms with van der Waals surface area (Å²) in [5.41, 5.74) is -0.635. The van der Waals surface area contributed by atoms with E-state index in [1.165, 1.54) is 24.3 Å². The van der Waals surface area contributed by atoms with E-state index in [9.17, 15) is 18.0 Å². The van der Waals surface area contributed by atoms with Crippen LogP contribution in [0.15, 0.2) is 48.5 Å². The van der Waals surface area contributed by atoms with Crippen LogP contribution in [0, 0.1) is 0 Å². The fraction of sp³-hybridized carbons (Fsp3) is 0.0714. The van der Waals surface area contributed by atoms with Gasteiger partial charge in [-0.1, -0.05) is 0 Å². The SMILES string of the molecule is O=C(Oc1ccc(C(F)(F)F)cc1)c1ccc(O)cc1. The van der Waals surface area contributed by atoms with Crippen LogP contribution in [0.5, 0.6) is 11.5 Å². The molecule has 0 unspecified atom stereocenters. The Balaban J connectivity index is 2.10. The van der Waals surface area contributed by atoms with Crippen molar-refractivity contribution >= 4 is 5.97 Å². The molecule has 2 aromatic rings. The molecular formula is C14H9F3O3. The summed E-state index contributed by atoms with van der Waals surface area (Å²) >= 11 is 0. The van der Waals surface area contributed by atoms with Crippen molar-refractivity contribution in [3.8, 4) is 11.5 Å². The molecule has 0 aliphatic heterocycles. The summed E-state index contributed by atoms with van der Waals surface area (Å²) in [5, 5.41) is 9.08. The van der Waals surface area contributed by atoms with Crippen LogP contribution in [0.3, 0.4) is 0 Å². The van der Waals surface area contributed by atoms with Crippen molar-refractivity contribution in [3.05, 3.63) is 59.7 Å². The van der Waals surface area contributed by atoms with Crippen molar-refractivity contribution in [3.63, 3.8) is 0 Å². The lowest BCUT2D eigenvalue weighted by Gasteiger charge is -2.08. The second-order valence-electron chi connectivity index (χ2n) is 3.96. The van der Waals surface area contributed by atoms with Crippen molar-refractivity contribution in [2.75, 3.05) is 0 Å². The van der Waals surface area contributed by atoms with Crippen molar-refractivity contribution < 1.29 is 27.8 Å². The molecule has 0 aromatic heterocycles. The fourth-order valence-electron chi connectivity index (χ4n) is 1.48. The Hall–Kier alpha value is -2.50. The number of phenols is 1. The molecule has 20 heavy (non-hydrogen) atoms. The van der Waals surface area contributed by atoms with Crippen LogP contribution >= 0.6 is 0 Å². The molecule has 6 heteroatoms. The van der Waals surface area contributed by atoms with Crippen LogP contribution in [-0.4, -0.2) is 11.1 Å². The third-order valence-electron chi connectivity index (χ3n) is 2.50. The molecule has 0 saturated heterocycles. The molecule has 0 amide bonds. The minimum Gasteiger partial charge on any atom is -0.508 e. The molecule has 0 atom stereocenters. The average Bonchev–Trinajstić information content (AvgIpc) is 2.39. The molecule has 0 bridgehead atoms. The summed E-state index contributed by atoms with van der Waals surface area (Å²) in [6.45, 7) is 0. The summed E-state index contributed by atoms with van der Waals surface area (Å²) in [4.78, 5) is 11.7. The summed E-state index contributed by atoms with van der Waals surface area (Å²) in [5.74, 6) is -0.711. The summed E-state index contributed by atoms with van der Waals surface area (Å²) in [6, 6.07) is 9.12. The van der Waals surface area contributed by atoms with Crippen LogP contribution < -0.4 is 4.74 Å². The number of halogens is 3. The molecule has 0 saturated carbocycles. The number of ether oxygens (including phenoxy) is 1. The topological polar surface area (TPSA) is 46.5 Å². The maximum atomic E-state index is 12.4. The Morgan fingerprint density at radius 3 is 2.00 bits per heavy atom. The van der Waals surface area contributed by atoms with E-state index in [0.29, 0.717) is 0 Å². The lowest BCUT2D eigenvalue weighted by Crippen LogP contribution is -2.09. The van der Waals surface area contributed by atoms with E-state index < -0.39 is 17.7 Å². The summed E-state index contributed by atoms with van der Waals surface area (Å²) < 4.78 is 42.0. The van der Waals surface area contributed by atoms with Gasteiger partial charge in [-0.25, -0.2) is 4.79 Å². The van der Waals surface area contributed by atoms with E-state index in [-0.39, 0.29) is 17.1 Å². The van der Waals surface area contributed by atoms with Gasteiger partial charge < -0.3 is 9.84 Å². The normalized spacial score (nSPS) is 11.2. The third-order valence-corrected chi connectivity index (χ3v) is 2.50. The first-order valence-electron chi connectivity index (χ1n) is 5.55. The molecule has 0 spiro atoms. The van der Waals surface area contributed by atoms with E-state index >= 15 is 0 Å². The van der Waals surface area contributed by atoms with E-state index in [2.05, 4.69) is 0 Å². The Labute approximate surface area is 112 Å². The van der Waals surface area contributed by atoms with Crippen LogP contribution in [0.1, 0.15) is 15.9 Å². The quantitative estimate of drug-likeness (QED) is 0.675. The Morgan fingerprint density at radius 2 is 1.50 bits per heavy atom. The molecule has 0 aliphatic carbocycles. The van der Waals surface area contributed by atoms with Crippen molar-refractivity contribution in [1.82, 2.24) is 0 Å². The third kappa shape index (κ3) is 3.28. The number of alkyl halides is 3. The highest BCUT2D eigenvalue weighted by Crippen LogP contribution is 2.30. The van der Waals surface area contributed by atoms with Crippen molar-refractivity contribution in [2.45, 2.75) is 6.18 Å². The lowest BCUT2D eigenvalue weighted by atomic mass is 10.2. The second kappa shape index (κ2) is 5.24. The lowest BCUT2D eigenvalue weighted by molar-refractivity contribution is -0.137. The maximum absolute atomic E-state index is 12.4. The van der Waals surface area contributed by atoms with E-state index in [1.807, 2.05) is 0 Å². The van der Waals surface area contributed by atoms with Gasteiger partial charge in [-0.3, -0.25) is 0 Å². The van der Waals surface area contributed by atoms with Gasteiger partial charge in [0.2, 0.25) is 0 Å². The van der Waals surface area contributed by atoms with Crippen LogP contribution in [0.4, 0.5) is 13.2 Å². The maximum Gasteiger partial charge on any atom is 0.416 e. The van der Waals surface area contributed by atoms with Gasteiger partial charge in [0.1, 0.15) is 11.5 Å². The van der Waals surface area contributed by atoms with Gasteiger partial charge in [-0.2, -0.15) is 13.2 Å². The number of hydrogen-bond donors (Lipinski definition) is 1. The predicted molar refractivity (Wildman–Crippen MR) is 64.5 cm³/mol. The number of phenolic OH excluding ortho intramolecular Hbond substituents is 1. The fourth-order valence-corrected chi connectivity index (χ4v) is 1.48. The number of esters is 1. The zero-order valence-electron chi connectivity index (χ0n) is 10.0. The zero-order chi connectivity index (χ0) is 14.8. The molecule has 0 heterocycles. The predicted octanol–water partition coefficient (Wildman–Crippen LogP) is 3.63. The van der Waals surface area contributed by atoms with E-state index in [0.717, 1.165) is 24.3 Å². The van der Waals surface area contributed by atoms with Crippen molar-refractivity contribution in [2.24, 2.45) is 0 Å². The number of benzene rings is 2. The Morgan fingerprint density at radius 1 is 0.950 bits per heavy atom. The largest absolute Gasteiger partial charge is 0.508 e. The summed E-state index contributed by atoms with van der Waals surface area (Å²) in [6.07, 6.45) is -4.43. The highest BCUT2D eigenvalue weighted by atomic mass is 19.4. The van der Waals surface area contributed by atoms with Gasteiger partial charge in [-0.05, 0) is 48.5 Å². The molecule has 2 rings (SSSR count). The number of carbonyl (C=O) groups excluding carboxylic acids is 1. The highest BCUT2D eigenvalue weighted by molar-refractivity contribution is 5.91.